The molecule has 7 rings (SSSR count). The molecule has 0 saturated carbocycles. The first-order valence-electron chi connectivity index (χ1n) is 17.8. The van der Waals surface area contributed by atoms with Crippen molar-refractivity contribution in [1.82, 2.24) is 19.5 Å². The zero-order valence-corrected chi connectivity index (χ0v) is 31.4. The van der Waals surface area contributed by atoms with Crippen LogP contribution in [-0.4, -0.2) is 94.7 Å². The van der Waals surface area contributed by atoms with Crippen LogP contribution in [0, 0.1) is 0 Å². The molecule has 1 fully saturated rings. The Hall–Kier alpha value is -6.95. The molecule has 4 unspecified atom stereocenters. The maximum atomic E-state index is 13.2. The number of imidazole rings is 1. The average Bonchev–Trinajstić information content (AvgIpc) is 3.78. The first-order chi connectivity index (χ1) is 27.5. The molecule has 3 N–H and O–H groups in total. The summed E-state index contributed by atoms with van der Waals surface area (Å²) in [5.41, 5.74) is 5.62. The van der Waals surface area contributed by atoms with E-state index in [1.165, 1.54) is 17.2 Å². The number of anilines is 3. The number of nitrogens with zero attached hydrogens (tertiary/aromatic N) is 10. The van der Waals surface area contributed by atoms with Gasteiger partial charge in [-0.3, -0.25) is 9.36 Å². The molecular weight excluding hydrogens is 731 g/mol. The summed E-state index contributed by atoms with van der Waals surface area (Å²) in [4.78, 5) is 42.8. The summed E-state index contributed by atoms with van der Waals surface area (Å²) in [6.45, 7) is -0.342. The number of esters is 1. The van der Waals surface area contributed by atoms with Gasteiger partial charge in [0, 0.05) is 45.1 Å². The fourth-order valence-corrected chi connectivity index (χ4v) is 5.86. The first-order valence-corrected chi connectivity index (χ1v) is 17.8. The Bertz CT molecular complexity index is 2400. The molecule has 1 aliphatic heterocycles. The van der Waals surface area contributed by atoms with Gasteiger partial charge in [-0.25, -0.2) is 19.7 Å². The molecule has 0 bridgehead atoms. The standard InChI is InChI=1S/C40H39N11O6/c1-49(2)30-17-13-28(14-18-30)47-45-26-9-5-24(6-10-26)38(54)44-36-33-37(42-22-41-36)51(23-43-33)39-35(53)34(52)32(57-39)21-56-40(55)25-7-11-27(12-8-25)46-48-29-15-19-31(20-16-29)50(3)4/h5-20,22-23,32,34-35,39,52-53H,21H2,1-4H3,(H,41,42,44,54). The molecule has 17 nitrogen and oxygen atoms in total. The topological polar surface area (TPSA) is 205 Å². The van der Waals surface area contributed by atoms with Crippen molar-refractivity contribution in [1.29, 1.82) is 0 Å². The van der Waals surface area contributed by atoms with E-state index in [2.05, 4.69) is 40.7 Å². The maximum Gasteiger partial charge on any atom is 0.338 e. The molecule has 3 heterocycles. The Balaban J connectivity index is 0.945. The van der Waals surface area contributed by atoms with Crippen molar-refractivity contribution in [3.05, 3.63) is 121 Å². The second-order valence-corrected chi connectivity index (χ2v) is 13.5. The van der Waals surface area contributed by atoms with E-state index < -0.39 is 36.4 Å². The van der Waals surface area contributed by atoms with Crippen molar-refractivity contribution in [2.75, 3.05) is 49.9 Å². The third-order valence-electron chi connectivity index (χ3n) is 9.11. The lowest BCUT2D eigenvalue weighted by molar-refractivity contribution is -0.0565. The minimum Gasteiger partial charge on any atom is -0.459 e. The molecule has 17 heteroatoms. The highest BCUT2D eigenvalue weighted by Gasteiger charge is 2.45. The van der Waals surface area contributed by atoms with Gasteiger partial charge < -0.3 is 34.8 Å². The molecule has 1 amide bonds. The maximum absolute atomic E-state index is 13.2. The number of nitrogens with one attached hydrogen (secondary N) is 1. The number of hydrogen-bond donors (Lipinski definition) is 3. The number of carbonyl (C=O) groups is 2. The number of aliphatic hydroxyl groups is 2. The van der Waals surface area contributed by atoms with Crippen LogP contribution in [0.2, 0.25) is 0 Å². The fourth-order valence-electron chi connectivity index (χ4n) is 5.86. The largest absolute Gasteiger partial charge is 0.459 e. The van der Waals surface area contributed by atoms with E-state index in [-0.39, 0.29) is 29.2 Å². The summed E-state index contributed by atoms with van der Waals surface area (Å²) in [7, 11) is 7.83. The molecule has 1 saturated heterocycles. The van der Waals surface area contributed by atoms with Crippen molar-refractivity contribution in [2.45, 2.75) is 24.5 Å². The van der Waals surface area contributed by atoms with Crippen molar-refractivity contribution in [3.63, 3.8) is 0 Å². The Morgan fingerprint density at radius 3 is 1.70 bits per heavy atom. The Kier molecular flexibility index (Phi) is 11.3. The Labute approximate surface area is 327 Å². The van der Waals surface area contributed by atoms with Crippen molar-refractivity contribution < 1.29 is 29.3 Å². The van der Waals surface area contributed by atoms with Gasteiger partial charge in [0.15, 0.2) is 23.2 Å². The van der Waals surface area contributed by atoms with Gasteiger partial charge in [-0.1, -0.05) is 0 Å². The van der Waals surface area contributed by atoms with E-state index in [9.17, 15) is 19.8 Å². The molecule has 6 aromatic rings. The lowest BCUT2D eigenvalue weighted by Gasteiger charge is -2.16. The number of aromatic nitrogens is 4. The van der Waals surface area contributed by atoms with Gasteiger partial charge >= 0.3 is 5.97 Å². The Morgan fingerprint density at radius 2 is 1.19 bits per heavy atom. The molecule has 4 atom stereocenters. The summed E-state index contributed by atoms with van der Waals surface area (Å²) >= 11 is 0. The summed E-state index contributed by atoms with van der Waals surface area (Å²) in [6.07, 6.45) is -2.43. The number of aliphatic hydroxyl groups excluding tert-OH is 2. The summed E-state index contributed by atoms with van der Waals surface area (Å²) in [6, 6.07) is 28.2. The highest BCUT2D eigenvalue weighted by molar-refractivity contribution is 6.06. The van der Waals surface area contributed by atoms with Crippen LogP contribution in [0.25, 0.3) is 11.2 Å². The van der Waals surface area contributed by atoms with Gasteiger partial charge in [0.2, 0.25) is 0 Å². The van der Waals surface area contributed by atoms with Gasteiger partial charge in [-0.2, -0.15) is 20.5 Å². The number of hydrogen-bond acceptors (Lipinski definition) is 15. The molecule has 4 aromatic carbocycles. The summed E-state index contributed by atoms with van der Waals surface area (Å²) in [5.74, 6) is -0.983. The van der Waals surface area contributed by atoms with Crippen LogP contribution >= 0.6 is 0 Å². The van der Waals surface area contributed by atoms with Crippen molar-refractivity contribution in [2.24, 2.45) is 20.5 Å². The minimum absolute atomic E-state index is 0.123. The third-order valence-corrected chi connectivity index (χ3v) is 9.11. The van der Waals surface area contributed by atoms with Crippen LogP contribution in [0.4, 0.5) is 39.9 Å². The quantitative estimate of drug-likeness (QED) is 0.0903. The van der Waals surface area contributed by atoms with Crippen LogP contribution in [0.3, 0.4) is 0 Å². The molecule has 2 aromatic heterocycles. The lowest BCUT2D eigenvalue weighted by Crippen LogP contribution is -2.34. The molecular formula is C40H39N11O6. The van der Waals surface area contributed by atoms with Gasteiger partial charge in [-0.15, -0.1) is 0 Å². The van der Waals surface area contributed by atoms with Crippen LogP contribution < -0.4 is 15.1 Å². The zero-order valence-electron chi connectivity index (χ0n) is 31.4. The highest BCUT2D eigenvalue weighted by Crippen LogP contribution is 2.33. The number of carbonyl (C=O) groups excluding carboxylic acids is 2. The highest BCUT2D eigenvalue weighted by atomic mass is 16.6. The molecule has 0 radical (unpaired) electrons. The molecule has 0 spiro atoms. The molecule has 0 aliphatic carbocycles. The van der Waals surface area contributed by atoms with Crippen molar-refractivity contribution >= 4 is 63.0 Å². The van der Waals surface area contributed by atoms with E-state index in [1.807, 2.05) is 86.5 Å². The summed E-state index contributed by atoms with van der Waals surface area (Å²) in [5, 5.41) is 41.5. The zero-order chi connectivity index (χ0) is 40.1. The van der Waals surface area contributed by atoms with Crippen LogP contribution in [0.15, 0.2) is 130 Å². The van der Waals surface area contributed by atoms with E-state index >= 15 is 0 Å². The lowest BCUT2D eigenvalue weighted by atomic mass is 10.1. The average molecular weight is 770 g/mol. The number of amides is 1. The van der Waals surface area contributed by atoms with E-state index in [0.717, 1.165) is 11.4 Å². The SMILES string of the molecule is CN(C)c1ccc(N=Nc2ccc(C(=O)Nc3ncnc4c3ncn4C3OC(COC(=O)c4ccc(N=Nc5ccc(N(C)C)cc5)cc4)C(O)C3O)cc2)cc1. The van der Waals surface area contributed by atoms with Crippen molar-refractivity contribution in [3.8, 4) is 0 Å². The Morgan fingerprint density at radius 1 is 0.702 bits per heavy atom. The van der Waals surface area contributed by atoms with Gasteiger partial charge in [-0.05, 0) is 97.1 Å². The van der Waals surface area contributed by atoms with Gasteiger partial charge in [0.25, 0.3) is 5.91 Å². The normalized spacial score (nSPS) is 18.0. The monoisotopic (exact) mass is 769 g/mol. The minimum atomic E-state index is -1.42. The number of ether oxygens (including phenoxy) is 2. The molecule has 57 heavy (non-hydrogen) atoms. The van der Waals surface area contributed by atoms with Crippen LogP contribution in [0.5, 0.6) is 0 Å². The second-order valence-electron chi connectivity index (χ2n) is 13.5. The van der Waals surface area contributed by atoms with Gasteiger partial charge in [0.1, 0.15) is 31.2 Å². The van der Waals surface area contributed by atoms with E-state index in [4.69, 9.17) is 9.47 Å². The molecule has 290 valence electrons. The number of fused-ring (bicyclic) bond motifs is 1. The fraction of sp³-hybridized carbons (Fsp3) is 0.225. The van der Waals surface area contributed by atoms with Crippen LogP contribution in [0.1, 0.15) is 26.9 Å². The third kappa shape index (κ3) is 8.80. The number of azo groups is 2. The predicted molar refractivity (Wildman–Crippen MR) is 212 cm³/mol. The smallest absolute Gasteiger partial charge is 0.338 e. The number of benzene rings is 4. The second kappa shape index (κ2) is 16.8. The van der Waals surface area contributed by atoms with E-state index in [0.29, 0.717) is 28.3 Å². The predicted octanol–water partition coefficient (Wildman–Crippen LogP) is 6.52. The van der Waals surface area contributed by atoms with Gasteiger partial charge in [0.05, 0.1) is 34.6 Å². The number of rotatable bonds is 12. The van der Waals surface area contributed by atoms with E-state index in [1.54, 1.807) is 48.5 Å². The van der Waals surface area contributed by atoms with Crippen LogP contribution in [-0.2, 0) is 9.47 Å². The first kappa shape index (κ1) is 38.3. The summed E-state index contributed by atoms with van der Waals surface area (Å²) < 4.78 is 12.8. The molecule has 1 aliphatic rings.